The first-order valence-electron chi connectivity index (χ1n) is 7.59. The molecular formula is C17H15ClFN5OS. The van der Waals surface area contributed by atoms with Crippen LogP contribution in [0.25, 0.3) is 0 Å². The molecule has 0 bridgehead atoms. The van der Waals surface area contributed by atoms with Crippen molar-refractivity contribution in [2.24, 2.45) is 0 Å². The maximum absolute atomic E-state index is 13.1. The Morgan fingerprint density at radius 3 is 2.85 bits per heavy atom. The van der Waals surface area contributed by atoms with Gasteiger partial charge in [0.15, 0.2) is 5.11 Å². The first-order valence-corrected chi connectivity index (χ1v) is 8.38. The van der Waals surface area contributed by atoms with Crippen molar-refractivity contribution in [1.29, 1.82) is 0 Å². The van der Waals surface area contributed by atoms with Crippen molar-refractivity contribution in [1.82, 2.24) is 14.8 Å². The molecule has 1 aromatic heterocycles. The molecular weight excluding hydrogens is 377 g/mol. The number of aromatic nitrogens is 3. The molecule has 0 aliphatic rings. The Morgan fingerprint density at radius 2 is 2.08 bits per heavy atom. The first kappa shape index (κ1) is 18.1. The van der Waals surface area contributed by atoms with Gasteiger partial charge in [-0.15, -0.1) is 5.10 Å². The van der Waals surface area contributed by atoms with Crippen molar-refractivity contribution in [3.05, 3.63) is 65.2 Å². The Balaban J connectivity index is 1.63. The summed E-state index contributed by atoms with van der Waals surface area (Å²) in [5, 5.41) is 10.9. The van der Waals surface area contributed by atoms with Crippen LogP contribution in [-0.4, -0.2) is 27.0 Å². The molecule has 26 heavy (non-hydrogen) atoms. The van der Waals surface area contributed by atoms with Crippen molar-refractivity contribution in [2.45, 2.75) is 6.54 Å². The summed E-state index contributed by atoms with van der Waals surface area (Å²) in [7, 11) is 1.58. The van der Waals surface area contributed by atoms with Gasteiger partial charge in [-0.25, -0.2) is 14.1 Å². The van der Waals surface area contributed by atoms with Crippen LogP contribution in [-0.2, 0) is 6.54 Å². The second-order valence-electron chi connectivity index (χ2n) is 5.28. The molecule has 0 saturated carbocycles. The van der Waals surface area contributed by atoms with E-state index >= 15 is 0 Å². The van der Waals surface area contributed by atoms with Gasteiger partial charge in [-0.05, 0) is 42.0 Å². The Labute approximate surface area is 160 Å². The minimum absolute atomic E-state index is 0.326. The summed E-state index contributed by atoms with van der Waals surface area (Å²) >= 11 is 11.3. The van der Waals surface area contributed by atoms with Gasteiger partial charge >= 0.3 is 0 Å². The third kappa shape index (κ3) is 4.47. The molecule has 0 amide bonds. The number of hydrogen-bond donors (Lipinski definition) is 2. The highest BCUT2D eigenvalue weighted by Gasteiger charge is 2.08. The van der Waals surface area contributed by atoms with E-state index in [1.165, 1.54) is 18.5 Å². The van der Waals surface area contributed by atoms with Crippen molar-refractivity contribution in [3.8, 4) is 5.75 Å². The normalized spacial score (nSPS) is 10.4. The molecule has 134 valence electrons. The molecule has 0 fully saturated rings. The fraction of sp³-hybridized carbons (Fsp3) is 0.118. The van der Waals surface area contributed by atoms with Crippen LogP contribution >= 0.6 is 23.8 Å². The monoisotopic (exact) mass is 391 g/mol. The smallest absolute Gasteiger partial charge is 0.248 e. The van der Waals surface area contributed by atoms with Crippen LogP contribution in [0.2, 0.25) is 5.02 Å². The van der Waals surface area contributed by atoms with Crippen molar-refractivity contribution >= 4 is 40.6 Å². The Hall–Kier alpha value is -2.71. The van der Waals surface area contributed by atoms with Crippen LogP contribution in [0, 0.1) is 5.82 Å². The van der Waals surface area contributed by atoms with Crippen LogP contribution in [0.1, 0.15) is 5.56 Å². The van der Waals surface area contributed by atoms with Crippen LogP contribution in [0.3, 0.4) is 0 Å². The Bertz CT molecular complexity index is 933. The summed E-state index contributed by atoms with van der Waals surface area (Å²) < 4.78 is 19.9. The summed E-state index contributed by atoms with van der Waals surface area (Å²) in [5.74, 6) is 0.615. The molecule has 0 aliphatic carbocycles. The van der Waals surface area contributed by atoms with Crippen LogP contribution < -0.4 is 15.4 Å². The average Bonchev–Trinajstić information content (AvgIpc) is 3.04. The molecule has 0 spiro atoms. The lowest BCUT2D eigenvalue weighted by molar-refractivity contribution is 0.417. The predicted molar refractivity (Wildman–Crippen MR) is 103 cm³/mol. The highest BCUT2D eigenvalue weighted by molar-refractivity contribution is 7.80. The zero-order valence-electron chi connectivity index (χ0n) is 13.7. The van der Waals surface area contributed by atoms with E-state index in [-0.39, 0.29) is 5.82 Å². The molecule has 6 nitrogen and oxygen atoms in total. The fourth-order valence-electron chi connectivity index (χ4n) is 2.26. The van der Waals surface area contributed by atoms with E-state index in [4.69, 9.17) is 28.6 Å². The van der Waals surface area contributed by atoms with E-state index < -0.39 is 0 Å². The molecule has 2 aromatic carbocycles. The molecule has 9 heteroatoms. The van der Waals surface area contributed by atoms with Crippen LogP contribution in [0.4, 0.5) is 16.0 Å². The van der Waals surface area contributed by atoms with Gasteiger partial charge in [0.1, 0.15) is 17.9 Å². The fourth-order valence-corrected chi connectivity index (χ4v) is 2.68. The standard InChI is InChI=1S/C17H15ClFN5OS/c1-25-15-5-3-2-4-14(15)21-17(26)22-16-20-10-24(23-16)9-11-6-7-12(19)8-13(11)18/h2-8,10H,9H2,1H3,(H2,21,22,23,26). The van der Waals surface area contributed by atoms with E-state index in [2.05, 4.69) is 20.7 Å². The SMILES string of the molecule is COc1ccccc1NC(=S)Nc1ncn(Cc2ccc(F)cc2Cl)n1. The number of nitrogens with one attached hydrogen (secondary N) is 2. The summed E-state index contributed by atoms with van der Waals surface area (Å²) in [6, 6.07) is 11.6. The van der Waals surface area contributed by atoms with Crippen molar-refractivity contribution < 1.29 is 9.13 Å². The molecule has 1 heterocycles. The maximum Gasteiger partial charge on any atom is 0.248 e. The van der Waals surface area contributed by atoms with E-state index in [1.807, 2.05) is 24.3 Å². The molecule has 0 aliphatic heterocycles. The van der Waals surface area contributed by atoms with E-state index in [0.29, 0.717) is 28.4 Å². The molecule has 0 atom stereocenters. The number of ether oxygens (including phenoxy) is 1. The quantitative estimate of drug-likeness (QED) is 0.642. The Kier molecular flexibility index (Phi) is 5.65. The van der Waals surface area contributed by atoms with Gasteiger partial charge in [-0.2, -0.15) is 0 Å². The van der Waals surface area contributed by atoms with Gasteiger partial charge in [0.25, 0.3) is 0 Å². The zero-order valence-corrected chi connectivity index (χ0v) is 15.3. The minimum Gasteiger partial charge on any atom is -0.495 e. The first-order chi connectivity index (χ1) is 12.5. The average molecular weight is 392 g/mol. The second kappa shape index (κ2) is 8.11. The van der Waals surface area contributed by atoms with Gasteiger partial charge in [0.2, 0.25) is 5.95 Å². The van der Waals surface area contributed by atoms with Gasteiger partial charge < -0.3 is 10.1 Å². The molecule has 3 aromatic rings. The van der Waals surface area contributed by atoms with Crippen LogP contribution in [0.15, 0.2) is 48.8 Å². The lowest BCUT2D eigenvalue weighted by atomic mass is 10.2. The van der Waals surface area contributed by atoms with Gasteiger partial charge in [-0.1, -0.05) is 29.8 Å². The largest absolute Gasteiger partial charge is 0.495 e. The number of benzene rings is 2. The highest BCUT2D eigenvalue weighted by Crippen LogP contribution is 2.23. The number of para-hydroxylation sites is 2. The van der Waals surface area contributed by atoms with Gasteiger partial charge in [-0.3, -0.25) is 5.32 Å². The maximum atomic E-state index is 13.1. The second-order valence-corrected chi connectivity index (χ2v) is 6.10. The Morgan fingerprint density at radius 1 is 1.27 bits per heavy atom. The number of hydrogen-bond acceptors (Lipinski definition) is 4. The van der Waals surface area contributed by atoms with Gasteiger partial charge in [0.05, 0.1) is 19.3 Å². The zero-order chi connectivity index (χ0) is 18.5. The van der Waals surface area contributed by atoms with E-state index in [9.17, 15) is 4.39 Å². The lowest BCUT2D eigenvalue weighted by Gasteiger charge is -2.11. The summed E-state index contributed by atoms with van der Waals surface area (Å²) in [6.45, 7) is 0.362. The van der Waals surface area contributed by atoms with Crippen LogP contribution in [0.5, 0.6) is 5.75 Å². The minimum atomic E-state index is -0.382. The number of methoxy groups -OCH3 is 1. The highest BCUT2D eigenvalue weighted by atomic mass is 35.5. The number of thiocarbonyl (C=S) groups is 1. The summed E-state index contributed by atoms with van der Waals surface area (Å²) in [6.07, 6.45) is 1.54. The molecule has 3 rings (SSSR count). The third-order valence-corrected chi connectivity index (χ3v) is 4.02. The molecule has 0 radical (unpaired) electrons. The van der Waals surface area contributed by atoms with E-state index in [0.717, 1.165) is 11.3 Å². The number of rotatable bonds is 5. The molecule has 0 unspecified atom stereocenters. The molecule has 2 N–H and O–H groups in total. The lowest BCUT2D eigenvalue weighted by Crippen LogP contribution is -2.20. The van der Waals surface area contributed by atoms with Gasteiger partial charge in [0, 0.05) is 5.02 Å². The summed E-state index contributed by atoms with van der Waals surface area (Å²) in [4.78, 5) is 4.15. The third-order valence-electron chi connectivity index (χ3n) is 3.46. The number of halogens is 2. The topological polar surface area (TPSA) is 64.0 Å². The number of anilines is 2. The number of nitrogens with zero attached hydrogens (tertiary/aromatic N) is 3. The predicted octanol–water partition coefficient (Wildman–Crippen LogP) is 3.94. The summed E-state index contributed by atoms with van der Waals surface area (Å²) in [5.41, 5.74) is 1.46. The van der Waals surface area contributed by atoms with Crippen molar-refractivity contribution in [2.75, 3.05) is 17.7 Å². The van der Waals surface area contributed by atoms with Crippen molar-refractivity contribution in [3.63, 3.8) is 0 Å². The van der Waals surface area contributed by atoms with E-state index in [1.54, 1.807) is 17.9 Å². The molecule has 0 saturated heterocycles.